The first-order valence-corrected chi connectivity index (χ1v) is 27.2. The van der Waals surface area contributed by atoms with Crippen LogP contribution in [0.2, 0.25) is 0 Å². The maximum absolute atomic E-state index is 2.67. The van der Waals surface area contributed by atoms with Crippen LogP contribution in [0.25, 0.3) is 76.2 Å². The third kappa shape index (κ3) is 6.15. The van der Waals surface area contributed by atoms with Crippen molar-refractivity contribution in [2.45, 2.75) is 105 Å². The zero-order valence-electron chi connectivity index (χ0n) is 44.0. The molecule has 0 N–H and O–H groups in total. The van der Waals surface area contributed by atoms with Crippen LogP contribution in [0.15, 0.2) is 158 Å². The summed E-state index contributed by atoms with van der Waals surface area (Å²) in [5.41, 5.74) is 25.9. The fraction of sp³-hybridized carbons (Fsp3) is 0.229. The van der Waals surface area contributed by atoms with Crippen molar-refractivity contribution in [3.8, 4) is 0 Å². The molecule has 0 saturated heterocycles. The van der Waals surface area contributed by atoms with Gasteiger partial charge in [-0.1, -0.05) is 138 Å². The number of hydrogen-bond donors (Lipinski definition) is 0. The van der Waals surface area contributed by atoms with Gasteiger partial charge >= 0.3 is 0 Å². The third-order valence-electron chi connectivity index (χ3n) is 17.4. The lowest BCUT2D eigenvalue weighted by Gasteiger charge is -2.27. The highest BCUT2D eigenvalue weighted by molar-refractivity contribution is 6.32. The van der Waals surface area contributed by atoms with Gasteiger partial charge in [0.25, 0.3) is 0 Å². The molecule has 0 radical (unpaired) electrons. The van der Waals surface area contributed by atoms with Gasteiger partial charge in [-0.15, -0.1) is 0 Å². The predicted octanol–water partition coefficient (Wildman–Crippen LogP) is 19.1. The van der Waals surface area contributed by atoms with Crippen molar-refractivity contribution in [3.63, 3.8) is 0 Å². The fourth-order valence-electron chi connectivity index (χ4n) is 13.9. The largest absolute Gasteiger partial charge is 0.310 e. The molecule has 15 rings (SSSR count). The summed E-state index contributed by atoms with van der Waals surface area (Å²) in [5.74, 6) is 0. The van der Waals surface area contributed by atoms with E-state index in [9.17, 15) is 0 Å². The molecule has 4 aromatic heterocycles. The van der Waals surface area contributed by atoms with Crippen molar-refractivity contribution in [3.05, 3.63) is 202 Å². The van der Waals surface area contributed by atoms with Crippen molar-refractivity contribution < 1.29 is 0 Å². The van der Waals surface area contributed by atoms with E-state index in [1.807, 2.05) is 0 Å². The second-order valence-electron chi connectivity index (χ2n) is 24.1. The Balaban J connectivity index is 1.07. The molecular weight excluding hydrogens is 897 g/mol. The fourth-order valence-corrected chi connectivity index (χ4v) is 13.9. The zero-order chi connectivity index (χ0) is 50.1. The average Bonchev–Trinajstić information content (AvgIpc) is 4.27. The van der Waals surface area contributed by atoms with Gasteiger partial charge in [0.15, 0.2) is 0 Å². The highest BCUT2D eigenvalue weighted by atomic mass is 15.2. The monoisotopic (exact) mass is 958 g/mol. The summed E-state index contributed by atoms with van der Waals surface area (Å²) in [6.07, 6.45) is 7.05. The van der Waals surface area contributed by atoms with Crippen molar-refractivity contribution >= 4 is 110 Å². The molecule has 2 aliphatic carbocycles. The summed E-state index contributed by atoms with van der Waals surface area (Å²) in [5, 5.41) is 10.4. The van der Waals surface area contributed by atoms with E-state index < -0.39 is 0 Å². The van der Waals surface area contributed by atoms with E-state index in [1.54, 1.807) is 0 Å². The number of anilines is 6. The number of aromatic nitrogens is 2. The van der Waals surface area contributed by atoms with Crippen molar-refractivity contribution in [1.29, 1.82) is 0 Å². The van der Waals surface area contributed by atoms with E-state index in [4.69, 9.17) is 0 Å². The normalized spacial score (nSPS) is 14.2. The maximum atomic E-state index is 2.67. The summed E-state index contributed by atoms with van der Waals surface area (Å²) < 4.78 is 5.33. The SMILES string of the molecule is Cc1ccc(N(c2ccc3c(c2)CCC3)c2ccc3c4cc5c(cc4n4c6c(C(C)(C)C)cccc6c2c34)c2ccc(N(c3ccc(C)cc3)c3ccc4c(c3)CCC4)c3c4cccc(C(C)(C)C)c4n5c23)cc1. The smallest absolute Gasteiger partial charge is 0.0641 e. The van der Waals surface area contributed by atoms with Gasteiger partial charge in [0.05, 0.1) is 44.5 Å². The molecule has 0 spiro atoms. The quantitative estimate of drug-likeness (QED) is 0.165. The van der Waals surface area contributed by atoms with Crippen LogP contribution < -0.4 is 9.80 Å². The van der Waals surface area contributed by atoms with Crippen LogP contribution in [0.4, 0.5) is 34.1 Å². The summed E-state index contributed by atoms with van der Waals surface area (Å²) in [6, 6.07) is 61.7. The highest BCUT2D eigenvalue weighted by Crippen LogP contribution is 2.53. The lowest BCUT2D eigenvalue weighted by molar-refractivity contribution is 0.594. The van der Waals surface area contributed by atoms with Crippen molar-refractivity contribution in [1.82, 2.24) is 8.80 Å². The lowest BCUT2D eigenvalue weighted by Crippen LogP contribution is -2.12. The number of nitrogens with zero attached hydrogens (tertiary/aromatic N) is 4. The lowest BCUT2D eigenvalue weighted by atomic mass is 9.85. The van der Waals surface area contributed by atoms with Crippen LogP contribution in [0.1, 0.15) is 98.9 Å². The summed E-state index contributed by atoms with van der Waals surface area (Å²) in [4.78, 5) is 5.09. The first-order chi connectivity index (χ1) is 35.8. The predicted molar refractivity (Wildman–Crippen MR) is 316 cm³/mol. The second-order valence-corrected chi connectivity index (χ2v) is 24.1. The molecule has 0 saturated carbocycles. The van der Waals surface area contributed by atoms with Gasteiger partial charge in [0.2, 0.25) is 0 Å². The van der Waals surface area contributed by atoms with E-state index in [2.05, 4.69) is 232 Å². The molecule has 4 nitrogen and oxygen atoms in total. The topological polar surface area (TPSA) is 15.3 Å². The van der Waals surface area contributed by atoms with Crippen LogP contribution in [0.3, 0.4) is 0 Å². The van der Waals surface area contributed by atoms with Gasteiger partial charge in [-0.2, -0.15) is 0 Å². The molecule has 2 aliphatic rings. The van der Waals surface area contributed by atoms with E-state index in [0.717, 1.165) is 12.8 Å². The van der Waals surface area contributed by atoms with Gasteiger partial charge in [-0.05, 0) is 169 Å². The van der Waals surface area contributed by atoms with Crippen molar-refractivity contribution in [2.75, 3.05) is 9.80 Å². The first kappa shape index (κ1) is 43.7. The standard InChI is InChI=1S/C70H62N4/c1-41-21-27-47(28-22-41)71(49-31-25-43-13-9-15-45(43)37-49)59-35-33-51-55-39-62-56(40-61(55)73-65-53(63(59)67(51)73)17-11-19-57(65)69(3,4)5)52-34-36-60(64-54-18-12-20-58(70(6,7)8)66(54)74(62)68(52)64)72(48-29-23-42(2)24-30-48)50-32-26-44-14-10-16-46(44)38-50/h11-12,17-40H,9-10,13-16H2,1-8H3. The molecular formula is C70H62N4. The summed E-state index contributed by atoms with van der Waals surface area (Å²) >= 11 is 0. The molecule has 13 aromatic rings. The van der Waals surface area contributed by atoms with Crippen molar-refractivity contribution in [2.24, 2.45) is 0 Å². The Morgan fingerprint density at radius 2 is 0.743 bits per heavy atom. The van der Waals surface area contributed by atoms with Gasteiger partial charge < -0.3 is 18.6 Å². The molecule has 0 aliphatic heterocycles. The van der Waals surface area contributed by atoms with Gasteiger partial charge in [-0.3, -0.25) is 0 Å². The Hall–Kier alpha value is -7.82. The minimum absolute atomic E-state index is 0.103. The Bertz CT molecular complexity index is 4160. The highest BCUT2D eigenvalue weighted by Gasteiger charge is 2.32. The molecule has 4 heterocycles. The Labute approximate surface area is 433 Å². The van der Waals surface area contributed by atoms with Gasteiger partial charge in [-0.25, -0.2) is 0 Å². The maximum Gasteiger partial charge on any atom is 0.0641 e. The minimum Gasteiger partial charge on any atom is -0.310 e. The third-order valence-corrected chi connectivity index (χ3v) is 17.4. The summed E-state index contributed by atoms with van der Waals surface area (Å²) in [6.45, 7) is 18.6. The van der Waals surface area contributed by atoms with Gasteiger partial charge in [0.1, 0.15) is 0 Å². The first-order valence-electron chi connectivity index (χ1n) is 27.2. The molecule has 9 aromatic carbocycles. The molecule has 0 bridgehead atoms. The number of hydrogen-bond acceptors (Lipinski definition) is 2. The number of para-hydroxylation sites is 2. The number of rotatable bonds is 6. The van der Waals surface area contributed by atoms with E-state index in [-0.39, 0.29) is 10.8 Å². The van der Waals surface area contributed by atoms with E-state index in [0.29, 0.717) is 0 Å². The molecule has 4 heteroatoms. The zero-order valence-corrected chi connectivity index (χ0v) is 44.0. The van der Waals surface area contributed by atoms with Crippen LogP contribution in [-0.4, -0.2) is 8.80 Å². The Morgan fingerprint density at radius 1 is 0.351 bits per heavy atom. The van der Waals surface area contributed by atoms with Gasteiger partial charge in [0, 0.05) is 65.8 Å². The molecule has 74 heavy (non-hydrogen) atoms. The molecule has 0 unspecified atom stereocenters. The molecule has 0 amide bonds. The second kappa shape index (κ2) is 15.4. The number of aryl methyl sites for hydroxylation is 6. The number of benzene rings is 9. The van der Waals surface area contributed by atoms with Crippen LogP contribution in [0, 0.1) is 13.8 Å². The van der Waals surface area contributed by atoms with Crippen LogP contribution in [-0.2, 0) is 36.5 Å². The van der Waals surface area contributed by atoms with E-state index >= 15 is 0 Å². The van der Waals surface area contributed by atoms with Crippen LogP contribution >= 0.6 is 0 Å². The Morgan fingerprint density at radius 3 is 1.15 bits per heavy atom. The molecule has 362 valence electrons. The summed E-state index contributed by atoms with van der Waals surface area (Å²) in [7, 11) is 0. The molecule has 0 fully saturated rings. The van der Waals surface area contributed by atoms with Crippen LogP contribution in [0.5, 0.6) is 0 Å². The number of fused-ring (bicyclic) bond motifs is 14. The molecule has 0 atom stereocenters. The average molecular weight is 959 g/mol. The minimum atomic E-state index is -0.103. The van der Waals surface area contributed by atoms with E-state index in [1.165, 1.54) is 181 Å². The Kier molecular flexibility index (Phi) is 9.08.